The van der Waals surface area contributed by atoms with Crippen LogP contribution in [0.5, 0.6) is 5.75 Å². The molecule has 0 saturated carbocycles. The van der Waals surface area contributed by atoms with Crippen LogP contribution < -0.4 is 10.1 Å². The average Bonchev–Trinajstić information content (AvgIpc) is 3.01. The lowest BCUT2D eigenvalue weighted by Gasteiger charge is -2.07. The molecule has 0 unspecified atom stereocenters. The highest BCUT2D eigenvalue weighted by atomic mass is 32.1. The molecule has 23 heavy (non-hydrogen) atoms. The molecule has 1 N–H and O–H groups in total. The number of methoxy groups -OCH3 is 1. The topological polar surface area (TPSA) is 90.2 Å². The highest BCUT2D eigenvalue weighted by Gasteiger charge is 2.15. The smallest absolute Gasteiger partial charge is 0.326 e. The minimum absolute atomic E-state index is 0.0682. The Bertz CT molecular complexity index is 832. The first-order chi connectivity index (χ1) is 11.2. The van der Waals surface area contributed by atoms with E-state index in [4.69, 9.17) is 4.74 Å². The van der Waals surface area contributed by atoms with Crippen molar-refractivity contribution in [3.05, 3.63) is 52.3 Å². The van der Waals surface area contributed by atoms with Gasteiger partial charge in [-0.25, -0.2) is 9.97 Å². The summed E-state index contributed by atoms with van der Waals surface area (Å²) < 4.78 is 5.13. The third kappa shape index (κ3) is 3.37. The molecule has 3 aromatic rings. The van der Waals surface area contributed by atoms with Crippen LogP contribution in [0.4, 0.5) is 10.8 Å². The van der Waals surface area contributed by atoms with Gasteiger partial charge in [-0.1, -0.05) is 12.1 Å². The van der Waals surface area contributed by atoms with Gasteiger partial charge in [-0.2, -0.15) is 0 Å². The van der Waals surface area contributed by atoms with Crippen LogP contribution >= 0.6 is 11.3 Å². The van der Waals surface area contributed by atoms with Gasteiger partial charge in [0.15, 0.2) is 0 Å². The van der Waals surface area contributed by atoms with E-state index in [2.05, 4.69) is 15.3 Å². The molecular weight excluding hydrogens is 316 g/mol. The minimum Gasteiger partial charge on any atom is -0.497 e. The van der Waals surface area contributed by atoms with Crippen molar-refractivity contribution in [1.29, 1.82) is 0 Å². The summed E-state index contributed by atoms with van der Waals surface area (Å²) in [6.07, 6.45) is 2.22. The van der Waals surface area contributed by atoms with Gasteiger partial charge < -0.3 is 10.1 Å². The number of benzene rings is 1. The Hall–Kier alpha value is -2.74. The van der Waals surface area contributed by atoms with E-state index in [9.17, 15) is 10.1 Å². The monoisotopic (exact) mass is 330 g/mol. The maximum Gasteiger partial charge on any atom is 0.326 e. The van der Waals surface area contributed by atoms with Crippen LogP contribution in [0.15, 0.2) is 36.7 Å². The summed E-state index contributed by atoms with van der Waals surface area (Å²) in [5.41, 5.74) is 1.17. The first kappa shape index (κ1) is 15.2. The summed E-state index contributed by atoms with van der Waals surface area (Å²) in [5.74, 6) is 1.44. The third-order valence-corrected chi connectivity index (χ3v) is 4.36. The van der Waals surface area contributed by atoms with Crippen molar-refractivity contribution in [3.8, 4) is 5.75 Å². The van der Waals surface area contributed by atoms with Crippen LogP contribution in [0.1, 0.15) is 5.56 Å². The van der Waals surface area contributed by atoms with Crippen LogP contribution in [-0.4, -0.2) is 28.5 Å². The maximum atomic E-state index is 10.9. The fraction of sp³-hybridized carbons (Fsp3) is 0.200. The van der Waals surface area contributed by atoms with Crippen LogP contribution in [0.3, 0.4) is 0 Å². The van der Waals surface area contributed by atoms with Crippen LogP contribution in [-0.2, 0) is 6.42 Å². The summed E-state index contributed by atoms with van der Waals surface area (Å²) in [4.78, 5) is 19.3. The molecule has 0 aliphatic heterocycles. The molecule has 1 aromatic carbocycles. The lowest BCUT2D eigenvalue weighted by molar-refractivity contribution is -0.380. The van der Waals surface area contributed by atoms with E-state index >= 15 is 0 Å². The van der Waals surface area contributed by atoms with Gasteiger partial charge in [-0.05, 0) is 35.5 Å². The van der Waals surface area contributed by atoms with Gasteiger partial charge >= 0.3 is 5.00 Å². The summed E-state index contributed by atoms with van der Waals surface area (Å²) in [6.45, 7) is 0.669. The molecular formula is C15H14N4O3S. The molecule has 0 spiro atoms. The van der Waals surface area contributed by atoms with Gasteiger partial charge in [0, 0.05) is 12.6 Å². The fourth-order valence-electron chi connectivity index (χ4n) is 2.19. The lowest BCUT2D eigenvalue weighted by Crippen LogP contribution is -2.06. The molecule has 0 radical (unpaired) electrons. The van der Waals surface area contributed by atoms with E-state index in [1.807, 2.05) is 24.3 Å². The first-order valence-corrected chi connectivity index (χ1v) is 7.75. The number of ether oxygens (including phenoxy) is 1. The van der Waals surface area contributed by atoms with Gasteiger partial charge in [0.1, 0.15) is 22.7 Å². The number of hydrogen-bond donors (Lipinski definition) is 1. The van der Waals surface area contributed by atoms with Crippen LogP contribution in [0, 0.1) is 10.1 Å². The Labute approximate surface area is 136 Å². The Morgan fingerprint density at radius 3 is 2.78 bits per heavy atom. The molecule has 8 heteroatoms. The summed E-state index contributed by atoms with van der Waals surface area (Å²) >= 11 is 1.05. The maximum absolute atomic E-state index is 10.9. The van der Waals surface area contributed by atoms with Gasteiger partial charge in [0.2, 0.25) is 0 Å². The molecule has 2 aromatic heterocycles. The second-order valence-corrected chi connectivity index (χ2v) is 5.82. The molecule has 0 atom stereocenters. The van der Waals surface area contributed by atoms with E-state index < -0.39 is 4.92 Å². The second kappa shape index (κ2) is 6.57. The average molecular weight is 330 g/mol. The highest BCUT2D eigenvalue weighted by molar-refractivity contribution is 7.21. The number of fused-ring (bicyclic) bond motifs is 1. The molecule has 0 aliphatic carbocycles. The molecule has 7 nitrogen and oxygen atoms in total. The van der Waals surface area contributed by atoms with E-state index in [1.165, 1.54) is 18.0 Å². The molecule has 118 valence electrons. The molecule has 0 aliphatic rings. The zero-order valence-corrected chi connectivity index (χ0v) is 13.2. The Balaban J connectivity index is 1.70. The molecule has 0 amide bonds. The number of aromatic nitrogens is 2. The number of thiophene rings is 1. The van der Waals surface area contributed by atoms with E-state index in [1.54, 1.807) is 7.11 Å². The largest absolute Gasteiger partial charge is 0.497 e. The number of anilines is 1. The minimum atomic E-state index is -0.409. The molecule has 3 rings (SSSR count). The highest BCUT2D eigenvalue weighted by Crippen LogP contribution is 2.32. The van der Waals surface area contributed by atoms with Crippen molar-refractivity contribution < 1.29 is 9.66 Å². The standard InChI is InChI=1S/C15H14N4O3S/c1-22-11-4-2-10(3-5-11)6-7-16-14-12-8-13(19(20)21)23-15(12)18-9-17-14/h2-5,8-9H,6-7H2,1H3,(H,16,17,18). The Morgan fingerprint density at radius 1 is 1.30 bits per heavy atom. The lowest BCUT2D eigenvalue weighted by atomic mass is 10.1. The number of hydrogen-bond acceptors (Lipinski definition) is 7. The summed E-state index contributed by atoms with van der Waals surface area (Å²) in [5, 5.41) is 14.8. The SMILES string of the molecule is COc1ccc(CCNc2ncnc3sc([N+](=O)[O-])cc23)cc1. The van der Waals surface area contributed by atoms with Crippen LogP contribution in [0.25, 0.3) is 10.2 Å². The number of nitrogens with zero attached hydrogens (tertiary/aromatic N) is 3. The van der Waals surface area contributed by atoms with Gasteiger partial charge in [0.05, 0.1) is 17.4 Å². The van der Waals surface area contributed by atoms with Crippen molar-refractivity contribution in [2.45, 2.75) is 6.42 Å². The van der Waals surface area contributed by atoms with Crippen molar-refractivity contribution in [2.75, 3.05) is 19.0 Å². The zero-order chi connectivity index (χ0) is 16.2. The van der Waals surface area contributed by atoms with Crippen molar-refractivity contribution in [1.82, 2.24) is 9.97 Å². The summed E-state index contributed by atoms with van der Waals surface area (Å²) in [7, 11) is 1.64. The van der Waals surface area contributed by atoms with Crippen molar-refractivity contribution >= 4 is 32.4 Å². The van der Waals surface area contributed by atoms with Crippen molar-refractivity contribution in [3.63, 3.8) is 0 Å². The van der Waals surface area contributed by atoms with E-state index in [-0.39, 0.29) is 5.00 Å². The quantitative estimate of drug-likeness (QED) is 0.551. The predicted octanol–water partition coefficient (Wildman–Crippen LogP) is 3.26. The van der Waals surface area contributed by atoms with Gasteiger partial charge in [-0.15, -0.1) is 0 Å². The Morgan fingerprint density at radius 2 is 2.09 bits per heavy atom. The van der Waals surface area contributed by atoms with Gasteiger partial charge in [-0.3, -0.25) is 10.1 Å². The number of nitro groups is 1. The molecule has 0 saturated heterocycles. The van der Waals surface area contributed by atoms with E-state index in [0.717, 1.165) is 23.5 Å². The van der Waals surface area contributed by atoms with Crippen LogP contribution in [0.2, 0.25) is 0 Å². The molecule has 0 fully saturated rings. The molecule has 0 bridgehead atoms. The normalized spacial score (nSPS) is 10.7. The van der Waals surface area contributed by atoms with Gasteiger partial charge in [0.25, 0.3) is 0 Å². The zero-order valence-electron chi connectivity index (χ0n) is 12.4. The molecule has 2 heterocycles. The second-order valence-electron chi connectivity index (χ2n) is 4.81. The first-order valence-electron chi connectivity index (χ1n) is 6.93. The third-order valence-electron chi connectivity index (χ3n) is 3.36. The van der Waals surface area contributed by atoms with E-state index in [0.29, 0.717) is 22.6 Å². The predicted molar refractivity (Wildman–Crippen MR) is 89.3 cm³/mol. The Kier molecular flexibility index (Phi) is 4.33. The van der Waals surface area contributed by atoms with Crippen molar-refractivity contribution in [2.24, 2.45) is 0 Å². The summed E-state index contributed by atoms with van der Waals surface area (Å²) in [6, 6.07) is 9.35. The fourth-order valence-corrected chi connectivity index (χ4v) is 3.01. The number of nitrogens with one attached hydrogen (secondary N) is 1. The number of rotatable bonds is 6.